The molecule has 0 bridgehead atoms. The van der Waals surface area contributed by atoms with E-state index in [-0.39, 0.29) is 5.41 Å². The minimum atomic E-state index is 0.236. The number of nitrogens with one attached hydrogen (secondary N) is 1. The van der Waals surface area contributed by atoms with Gasteiger partial charge in [0.25, 0.3) is 0 Å². The van der Waals surface area contributed by atoms with Crippen LogP contribution in [0, 0.1) is 5.92 Å². The van der Waals surface area contributed by atoms with E-state index in [1.165, 1.54) is 30.4 Å². The monoisotopic (exact) mass is 275 g/mol. The van der Waals surface area contributed by atoms with Gasteiger partial charge < -0.3 is 5.32 Å². The number of hydrogen-bond donors (Lipinski definition) is 1. The number of benzene rings is 1. The average molecular weight is 275 g/mol. The van der Waals surface area contributed by atoms with Crippen molar-refractivity contribution in [1.82, 2.24) is 5.32 Å². The van der Waals surface area contributed by atoms with E-state index in [4.69, 9.17) is 0 Å². The Kier molecular flexibility index (Phi) is 6.75. The summed E-state index contributed by atoms with van der Waals surface area (Å²) in [6.07, 6.45) is 3.73. The van der Waals surface area contributed by atoms with Crippen molar-refractivity contribution in [1.29, 1.82) is 0 Å². The summed E-state index contributed by atoms with van der Waals surface area (Å²) < 4.78 is 0. The molecule has 1 nitrogen and oxygen atoms in total. The summed E-state index contributed by atoms with van der Waals surface area (Å²) in [5.74, 6) is 0.687. The maximum absolute atomic E-state index is 3.73. The van der Waals surface area contributed by atoms with Crippen molar-refractivity contribution < 1.29 is 0 Å². The normalized spacial score (nSPS) is 15.1. The van der Waals surface area contributed by atoms with Crippen LogP contribution in [0.3, 0.4) is 0 Å². The third-order valence-electron chi connectivity index (χ3n) is 4.06. The lowest BCUT2D eigenvalue weighted by molar-refractivity contribution is 0.363. The molecular formula is C19H33N. The molecule has 0 aliphatic carbocycles. The summed E-state index contributed by atoms with van der Waals surface area (Å²) in [5.41, 5.74) is 3.09. The third-order valence-corrected chi connectivity index (χ3v) is 4.06. The Labute approximate surface area is 126 Å². The molecule has 1 aromatic carbocycles. The van der Waals surface area contributed by atoms with Gasteiger partial charge in [-0.25, -0.2) is 0 Å². The van der Waals surface area contributed by atoms with Crippen LogP contribution >= 0.6 is 0 Å². The van der Waals surface area contributed by atoms with Gasteiger partial charge in [-0.15, -0.1) is 0 Å². The van der Waals surface area contributed by atoms with Gasteiger partial charge in [0.15, 0.2) is 0 Å². The van der Waals surface area contributed by atoms with Gasteiger partial charge in [-0.2, -0.15) is 0 Å². The average Bonchev–Trinajstić information content (AvgIpc) is 2.39. The Morgan fingerprint density at radius 1 is 1.00 bits per heavy atom. The molecule has 0 spiro atoms. The van der Waals surface area contributed by atoms with Crippen molar-refractivity contribution in [2.24, 2.45) is 5.92 Å². The first-order valence-corrected chi connectivity index (χ1v) is 8.24. The van der Waals surface area contributed by atoms with Crippen LogP contribution in [0.15, 0.2) is 24.3 Å². The predicted octanol–water partition coefficient (Wildman–Crippen LogP) is 5.46. The minimum Gasteiger partial charge on any atom is -0.310 e. The maximum atomic E-state index is 3.73. The Morgan fingerprint density at radius 2 is 1.60 bits per heavy atom. The molecule has 0 fully saturated rings. The van der Waals surface area contributed by atoms with Crippen LogP contribution in [0.25, 0.3) is 0 Å². The highest BCUT2D eigenvalue weighted by Crippen LogP contribution is 2.28. The van der Waals surface area contributed by atoms with E-state index in [9.17, 15) is 0 Å². The lowest BCUT2D eigenvalue weighted by Crippen LogP contribution is -2.27. The van der Waals surface area contributed by atoms with E-state index < -0.39 is 0 Å². The highest BCUT2D eigenvalue weighted by atomic mass is 14.9. The highest BCUT2D eigenvalue weighted by molar-refractivity contribution is 5.29. The van der Waals surface area contributed by atoms with Gasteiger partial charge in [0.2, 0.25) is 0 Å². The van der Waals surface area contributed by atoms with Crippen molar-refractivity contribution in [2.75, 3.05) is 6.54 Å². The zero-order valence-electron chi connectivity index (χ0n) is 14.3. The molecule has 1 rings (SSSR count). The molecule has 2 atom stereocenters. The summed E-state index contributed by atoms with van der Waals surface area (Å²) in [6.45, 7) is 14.8. The number of rotatable bonds is 7. The summed E-state index contributed by atoms with van der Waals surface area (Å²) in [5, 5.41) is 3.73. The predicted molar refractivity (Wildman–Crippen MR) is 90.2 cm³/mol. The van der Waals surface area contributed by atoms with Crippen molar-refractivity contribution in [3.63, 3.8) is 0 Å². The van der Waals surface area contributed by atoms with E-state index in [0.717, 1.165) is 6.54 Å². The molecule has 0 saturated heterocycles. The fourth-order valence-electron chi connectivity index (χ4n) is 2.76. The molecule has 0 aliphatic rings. The zero-order chi connectivity index (χ0) is 15.2. The van der Waals surface area contributed by atoms with E-state index in [2.05, 4.69) is 71.1 Å². The molecule has 0 radical (unpaired) electrons. The van der Waals surface area contributed by atoms with Gasteiger partial charge in [0.1, 0.15) is 0 Å². The second-order valence-corrected chi connectivity index (χ2v) is 7.07. The Bertz CT molecular complexity index is 372. The summed E-state index contributed by atoms with van der Waals surface area (Å²) in [4.78, 5) is 0. The molecule has 1 heteroatoms. The molecule has 1 aromatic rings. The van der Waals surface area contributed by atoms with E-state index >= 15 is 0 Å². The summed E-state index contributed by atoms with van der Waals surface area (Å²) in [7, 11) is 0. The first-order valence-electron chi connectivity index (χ1n) is 8.24. The smallest absolute Gasteiger partial charge is 0.0346 e. The van der Waals surface area contributed by atoms with Crippen LogP contribution in [0.2, 0.25) is 0 Å². The molecule has 0 heterocycles. The Hall–Kier alpha value is -0.820. The Balaban J connectivity index is 2.90. The van der Waals surface area contributed by atoms with Gasteiger partial charge >= 0.3 is 0 Å². The van der Waals surface area contributed by atoms with Crippen LogP contribution in [-0.2, 0) is 5.41 Å². The van der Waals surface area contributed by atoms with Gasteiger partial charge in [-0.05, 0) is 41.8 Å². The zero-order valence-corrected chi connectivity index (χ0v) is 14.3. The van der Waals surface area contributed by atoms with Crippen molar-refractivity contribution >= 4 is 0 Å². The molecule has 2 unspecified atom stereocenters. The van der Waals surface area contributed by atoms with Crippen LogP contribution in [0.4, 0.5) is 0 Å². The largest absolute Gasteiger partial charge is 0.310 e. The fourth-order valence-corrected chi connectivity index (χ4v) is 2.76. The third kappa shape index (κ3) is 4.94. The molecule has 0 saturated carbocycles. The SMILES string of the molecule is CCCNC(c1ccc(C(C)(C)C)cc1)C(C)CCC. The summed E-state index contributed by atoms with van der Waals surface area (Å²) >= 11 is 0. The van der Waals surface area contributed by atoms with E-state index in [0.29, 0.717) is 12.0 Å². The lowest BCUT2D eigenvalue weighted by Gasteiger charge is -2.27. The van der Waals surface area contributed by atoms with E-state index in [1.807, 2.05) is 0 Å². The van der Waals surface area contributed by atoms with Gasteiger partial charge in [-0.3, -0.25) is 0 Å². The van der Waals surface area contributed by atoms with Crippen molar-refractivity contribution in [3.05, 3.63) is 35.4 Å². The maximum Gasteiger partial charge on any atom is 0.0346 e. The first-order chi connectivity index (χ1) is 9.40. The van der Waals surface area contributed by atoms with Crippen molar-refractivity contribution in [2.45, 2.75) is 72.3 Å². The molecule has 0 aliphatic heterocycles. The quantitative estimate of drug-likeness (QED) is 0.696. The van der Waals surface area contributed by atoms with E-state index in [1.54, 1.807) is 0 Å². The fraction of sp³-hybridized carbons (Fsp3) is 0.684. The second-order valence-electron chi connectivity index (χ2n) is 7.07. The topological polar surface area (TPSA) is 12.0 Å². The molecule has 20 heavy (non-hydrogen) atoms. The van der Waals surface area contributed by atoms with Gasteiger partial charge in [0.05, 0.1) is 0 Å². The van der Waals surface area contributed by atoms with Crippen LogP contribution < -0.4 is 5.32 Å². The first kappa shape index (κ1) is 17.2. The van der Waals surface area contributed by atoms with Gasteiger partial charge in [-0.1, -0.05) is 72.2 Å². The lowest BCUT2D eigenvalue weighted by atomic mass is 9.84. The van der Waals surface area contributed by atoms with Crippen molar-refractivity contribution in [3.8, 4) is 0 Å². The molecule has 0 amide bonds. The van der Waals surface area contributed by atoms with Crippen LogP contribution in [0.1, 0.15) is 78.0 Å². The van der Waals surface area contributed by atoms with Crippen LogP contribution in [-0.4, -0.2) is 6.54 Å². The minimum absolute atomic E-state index is 0.236. The molecular weight excluding hydrogens is 242 g/mol. The number of hydrogen-bond acceptors (Lipinski definition) is 1. The molecule has 1 N–H and O–H groups in total. The molecule has 114 valence electrons. The van der Waals surface area contributed by atoms with Gasteiger partial charge in [0, 0.05) is 6.04 Å². The Morgan fingerprint density at radius 3 is 2.05 bits per heavy atom. The highest BCUT2D eigenvalue weighted by Gasteiger charge is 2.19. The summed E-state index contributed by atoms with van der Waals surface area (Å²) in [6, 6.07) is 9.73. The standard InChI is InChI=1S/C19H33N/c1-7-9-15(3)18(20-14-8-2)16-10-12-17(13-11-16)19(4,5)6/h10-13,15,18,20H,7-9,14H2,1-6H3. The van der Waals surface area contributed by atoms with Crippen LogP contribution in [0.5, 0.6) is 0 Å². The second kappa shape index (κ2) is 7.83. The molecule has 0 aromatic heterocycles.